The fourth-order valence-corrected chi connectivity index (χ4v) is 2.86. The second kappa shape index (κ2) is 4.62. The van der Waals surface area contributed by atoms with Gasteiger partial charge in [-0.25, -0.2) is 15.0 Å². The molecule has 3 rings (SSSR count). The SMILES string of the molecule is Cc1nc(I)nc2c1ncn2[C@@H]1O[C@H](C)C(O)[C@@H]1O. The third-order valence-corrected chi connectivity index (χ3v) is 3.80. The highest BCUT2D eigenvalue weighted by molar-refractivity contribution is 14.1. The molecule has 2 aromatic rings. The Bertz CT molecular complexity index is 632. The van der Waals surface area contributed by atoms with Crippen molar-refractivity contribution in [2.24, 2.45) is 0 Å². The second-order valence-electron chi connectivity index (χ2n) is 4.62. The number of fused-ring (bicyclic) bond motifs is 1. The van der Waals surface area contributed by atoms with Crippen LogP contribution in [0.1, 0.15) is 18.8 Å². The summed E-state index contributed by atoms with van der Waals surface area (Å²) in [6, 6.07) is 0. The number of halogens is 1. The fraction of sp³-hybridized carbons (Fsp3) is 0.545. The van der Waals surface area contributed by atoms with Crippen LogP contribution < -0.4 is 0 Å². The summed E-state index contributed by atoms with van der Waals surface area (Å²) in [7, 11) is 0. The summed E-state index contributed by atoms with van der Waals surface area (Å²) in [5.74, 6) is 0. The maximum atomic E-state index is 10.0. The number of aryl methyl sites for hydroxylation is 1. The molecular weight excluding hydrogens is 363 g/mol. The molecule has 0 aliphatic carbocycles. The molecule has 0 amide bonds. The molecule has 8 heteroatoms. The number of aliphatic hydroxyl groups is 2. The minimum atomic E-state index is -1.000. The van der Waals surface area contributed by atoms with E-state index in [-0.39, 0.29) is 0 Å². The molecule has 2 N–H and O–H groups in total. The lowest BCUT2D eigenvalue weighted by atomic mass is 10.1. The van der Waals surface area contributed by atoms with Crippen LogP contribution in [-0.2, 0) is 4.74 Å². The van der Waals surface area contributed by atoms with E-state index in [1.807, 2.05) is 29.5 Å². The minimum absolute atomic E-state index is 0.431. The number of rotatable bonds is 1. The van der Waals surface area contributed by atoms with Crippen molar-refractivity contribution in [3.05, 3.63) is 15.9 Å². The van der Waals surface area contributed by atoms with Gasteiger partial charge in [-0.2, -0.15) is 0 Å². The summed E-state index contributed by atoms with van der Waals surface area (Å²) in [6.45, 7) is 3.57. The molecule has 7 nitrogen and oxygen atoms in total. The molecule has 1 unspecified atom stereocenters. The number of aromatic nitrogens is 4. The fourth-order valence-electron chi connectivity index (χ4n) is 2.27. The van der Waals surface area contributed by atoms with Crippen molar-refractivity contribution in [1.82, 2.24) is 19.5 Å². The van der Waals surface area contributed by atoms with E-state index >= 15 is 0 Å². The van der Waals surface area contributed by atoms with E-state index in [1.54, 1.807) is 17.8 Å². The molecule has 1 fully saturated rings. The largest absolute Gasteiger partial charge is 0.388 e. The lowest BCUT2D eigenvalue weighted by Crippen LogP contribution is -2.30. The monoisotopic (exact) mass is 376 g/mol. The Morgan fingerprint density at radius 1 is 1.32 bits per heavy atom. The van der Waals surface area contributed by atoms with Crippen molar-refractivity contribution in [3.8, 4) is 0 Å². The second-order valence-corrected chi connectivity index (χ2v) is 5.58. The third-order valence-electron chi connectivity index (χ3n) is 3.32. The molecule has 102 valence electrons. The molecule has 0 aromatic carbocycles. The first-order valence-electron chi connectivity index (χ1n) is 5.87. The van der Waals surface area contributed by atoms with Gasteiger partial charge in [-0.1, -0.05) is 0 Å². The molecule has 2 aromatic heterocycles. The molecule has 4 atom stereocenters. The zero-order chi connectivity index (χ0) is 13.7. The van der Waals surface area contributed by atoms with E-state index in [2.05, 4.69) is 15.0 Å². The molecule has 3 heterocycles. The Morgan fingerprint density at radius 2 is 2.05 bits per heavy atom. The topological polar surface area (TPSA) is 93.3 Å². The van der Waals surface area contributed by atoms with Gasteiger partial charge in [-0.15, -0.1) is 0 Å². The summed E-state index contributed by atoms with van der Waals surface area (Å²) in [5, 5.41) is 19.8. The van der Waals surface area contributed by atoms with Crippen LogP contribution >= 0.6 is 22.6 Å². The number of hydrogen-bond acceptors (Lipinski definition) is 6. The van der Waals surface area contributed by atoms with Crippen molar-refractivity contribution < 1.29 is 14.9 Å². The lowest BCUT2D eigenvalue weighted by molar-refractivity contribution is -0.0299. The lowest BCUT2D eigenvalue weighted by Gasteiger charge is -2.16. The summed E-state index contributed by atoms with van der Waals surface area (Å²) in [6.07, 6.45) is -1.47. The molecule has 19 heavy (non-hydrogen) atoms. The van der Waals surface area contributed by atoms with Crippen LogP contribution in [0.4, 0.5) is 0 Å². The Balaban J connectivity index is 2.11. The minimum Gasteiger partial charge on any atom is -0.388 e. The van der Waals surface area contributed by atoms with Crippen LogP contribution in [0, 0.1) is 10.8 Å². The first kappa shape index (κ1) is 13.2. The Hall–Kier alpha value is -0.840. The van der Waals surface area contributed by atoms with Gasteiger partial charge in [-0.05, 0) is 13.8 Å². The van der Waals surface area contributed by atoms with Gasteiger partial charge in [0.05, 0.1) is 18.1 Å². The highest BCUT2D eigenvalue weighted by Crippen LogP contribution is 2.31. The van der Waals surface area contributed by atoms with Crippen LogP contribution in [0.15, 0.2) is 6.33 Å². The van der Waals surface area contributed by atoms with Gasteiger partial charge in [0.15, 0.2) is 15.7 Å². The number of hydrogen-bond donors (Lipinski definition) is 2. The number of ether oxygens (including phenoxy) is 1. The van der Waals surface area contributed by atoms with Crippen molar-refractivity contribution in [2.75, 3.05) is 0 Å². The molecule has 0 spiro atoms. The van der Waals surface area contributed by atoms with E-state index in [0.29, 0.717) is 15.0 Å². The summed E-state index contributed by atoms with van der Waals surface area (Å²) < 4.78 is 7.82. The van der Waals surface area contributed by atoms with Crippen LogP contribution in [-0.4, -0.2) is 48.0 Å². The van der Waals surface area contributed by atoms with Crippen LogP contribution in [0.5, 0.6) is 0 Å². The normalized spacial score (nSPS) is 31.2. The quantitative estimate of drug-likeness (QED) is 0.552. The van der Waals surface area contributed by atoms with Crippen molar-refractivity contribution in [3.63, 3.8) is 0 Å². The van der Waals surface area contributed by atoms with Crippen molar-refractivity contribution in [1.29, 1.82) is 0 Å². The predicted molar refractivity (Wildman–Crippen MR) is 74.4 cm³/mol. The van der Waals surface area contributed by atoms with Gasteiger partial charge in [-0.3, -0.25) is 4.57 Å². The molecule has 0 bridgehead atoms. The summed E-state index contributed by atoms with van der Waals surface area (Å²) in [5.41, 5.74) is 2.04. The van der Waals surface area contributed by atoms with E-state index in [0.717, 1.165) is 5.69 Å². The molecule has 0 saturated carbocycles. The Kier molecular flexibility index (Phi) is 3.20. The molecule has 0 radical (unpaired) electrons. The highest BCUT2D eigenvalue weighted by atomic mass is 127. The maximum absolute atomic E-state index is 10.0. The molecular formula is C11H13IN4O3. The maximum Gasteiger partial charge on any atom is 0.193 e. The summed E-state index contributed by atoms with van der Waals surface area (Å²) in [4.78, 5) is 12.8. The summed E-state index contributed by atoms with van der Waals surface area (Å²) >= 11 is 2.03. The average molecular weight is 376 g/mol. The van der Waals surface area contributed by atoms with Gasteiger partial charge < -0.3 is 14.9 Å². The highest BCUT2D eigenvalue weighted by Gasteiger charge is 2.42. The van der Waals surface area contributed by atoms with Gasteiger partial charge in [0.1, 0.15) is 17.7 Å². The first-order valence-corrected chi connectivity index (χ1v) is 6.95. The number of nitrogens with zero attached hydrogens (tertiary/aromatic N) is 4. The van der Waals surface area contributed by atoms with E-state index in [9.17, 15) is 10.2 Å². The van der Waals surface area contributed by atoms with Crippen LogP contribution in [0.25, 0.3) is 11.2 Å². The smallest absolute Gasteiger partial charge is 0.193 e. The molecule has 1 aliphatic rings. The third kappa shape index (κ3) is 2.02. The van der Waals surface area contributed by atoms with Crippen LogP contribution in [0.3, 0.4) is 0 Å². The first-order chi connectivity index (χ1) is 8.99. The van der Waals surface area contributed by atoms with E-state index in [1.165, 1.54) is 0 Å². The van der Waals surface area contributed by atoms with E-state index < -0.39 is 24.5 Å². The Morgan fingerprint density at radius 3 is 2.68 bits per heavy atom. The van der Waals surface area contributed by atoms with Crippen molar-refractivity contribution in [2.45, 2.75) is 38.4 Å². The molecule has 1 aliphatic heterocycles. The predicted octanol–water partition coefficient (Wildman–Crippen LogP) is 0.378. The average Bonchev–Trinajstić information content (AvgIpc) is 2.86. The van der Waals surface area contributed by atoms with Gasteiger partial charge in [0.2, 0.25) is 0 Å². The Labute approximate surface area is 122 Å². The van der Waals surface area contributed by atoms with E-state index in [4.69, 9.17) is 4.74 Å². The van der Waals surface area contributed by atoms with Gasteiger partial charge in [0.25, 0.3) is 0 Å². The standard InChI is InChI=1S/C11H13IN4O3/c1-4-6-9(15-11(12)14-4)16(3-13-6)10-8(18)7(17)5(2)19-10/h3,5,7-8,10,17-18H,1-2H3/t5-,7?,8+,10-/m1/s1. The van der Waals surface area contributed by atoms with Crippen molar-refractivity contribution >= 4 is 33.8 Å². The number of aliphatic hydroxyl groups excluding tert-OH is 2. The van der Waals surface area contributed by atoms with Crippen LogP contribution in [0.2, 0.25) is 0 Å². The molecule has 1 saturated heterocycles. The van der Waals surface area contributed by atoms with Gasteiger partial charge in [0, 0.05) is 22.6 Å². The zero-order valence-corrected chi connectivity index (χ0v) is 12.5. The number of imidazole rings is 1. The zero-order valence-electron chi connectivity index (χ0n) is 10.4. The van der Waals surface area contributed by atoms with Gasteiger partial charge >= 0.3 is 0 Å².